The lowest BCUT2D eigenvalue weighted by Gasteiger charge is -2.21. The van der Waals surface area contributed by atoms with Crippen molar-refractivity contribution in [3.05, 3.63) is 87.9 Å². The van der Waals surface area contributed by atoms with E-state index in [2.05, 4.69) is 4.72 Å². The molecular weight excluding hydrogens is 411 g/mol. The summed E-state index contributed by atoms with van der Waals surface area (Å²) >= 11 is 1.46. The number of amides is 1. The molecule has 0 saturated heterocycles. The summed E-state index contributed by atoms with van der Waals surface area (Å²) in [5.41, 5.74) is 0.934. The fourth-order valence-corrected chi connectivity index (χ4v) is 4.61. The quantitative estimate of drug-likeness (QED) is 0.585. The van der Waals surface area contributed by atoms with E-state index in [1.807, 2.05) is 24.4 Å². The maximum absolute atomic E-state index is 13.4. The maximum atomic E-state index is 13.4. The topological polar surface area (TPSA) is 66.5 Å². The minimum absolute atomic E-state index is 0.0294. The van der Waals surface area contributed by atoms with Gasteiger partial charge >= 0.3 is 0 Å². The maximum Gasteiger partial charge on any atom is 0.254 e. The normalized spacial score (nSPS) is 11.4. The standard InChI is InChI=1S/C21H21FN2O3S2/c1-2-24(15-16-6-3-8-18(22)12-16)21(25)17-7-4-10-20(13-17)29(26,27)23-14-19-9-5-11-28-19/h3-13,23H,2,14-15H2,1H3. The van der Waals surface area contributed by atoms with E-state index < -0.39 is 10.0 Å². The highest BCUT2D eigenvalue weighted by Gasteiger charge is 2.19. The first-order chi connectivity index (χ1) is 13.9. The number of nitrogens with zero attached hydrogens (tertiary/aromatic N) is 1. The number of hydrogen-bond acceptors (Lipinski definition) is 4. The summed E-state index contributed by atoms with van der Waals surface area (Å²) in [4.78, 5) is 15.4. The van der Waals surface area contributed by atoms with Crippen LogP contribution in [0, 0.1) is 5.82 Å². The Morgan fingerprint density at radius 1 is 1.10 bits per heavy atom. The van der Waals surface area contributed by atoms with E-state index in [-0.39, 0.29) is 35.3 Å². The number of carbonyl (C=O) groups is 1. The van der Waals surface area contributed by atoms with Gasteiger partial charge in [-0.1, -0.05) is 24.3 Å². The van der Waals surface area contributed by atoms with Crippen molar-refractivity contribution in [1.82, 2.24) is 9.62 Å². The number of hydrogen-bond donors (Lipinski definition) is 1. The molecule has 1 aromatic heterocycles. The molecule has 5 nitrogen and oxygen atoms in total. The van der Waals surface area contributed by atoms with E-state index in [1.165, 1.54) is 35.6 Å². The smallest absolute Gasteiger partial charge is 0.254 e. The number of benzene rings is 2. The molecule has 0 bridgehead atoms. The van der Waals surface area contributed by atoms with Gasteiger partial charge in [-0.3, -0.25) is 4.79 Å². The molecule has 0 aliphatic carbocycles. The van der Waals surface area contributed by atoms with Gasteiger partial charge in [-0.25, -0.2) is 17.5 Å². The minimum Gasteiger partial charge on any atom is -0.335 e. The average molecular weight is 433 g/mol. The van der Waals surface area contributed by atoms with Crippen LogP contribution in [0.1, 0.15) is 27.7 Å². The van der Waals surface area contributed by atoms with Gasteiger partial charge in [0.05, 0.1) is 4.90 Å². The molecule has 0 fully saturated rings. The Bertz CT molecular complexity index is 1080. The van der Waals surface area contributed by atoms with Gasteiger partial charge in [-0.05, 0) is 54.3 Å². The van der Waals surface area contributed by atoms with E-state index in [9.17, 15) is 17.6 Å². The van der Waals surface area contributed by atoms with E-state index in [4.69, 9.17) is 0 Å². The molecule has 0 aliphatic rings. The summed E-state index contributed by atoms with van der Waals surface area (Å²) < 4.78 is 41.2. The van der Waals surface area contributed by atoms with Gasteiger partial charge in [0, 0.05) is 30.1 Å². The summed E-state index contributed by atoms with van der Waals surface area (Å²) in [7, 11) is -3.75. The highest BCUT2D eigenvalue weighted by molar-refractivity contribution is 7.89. The van der Waals surface area contributed by atoms with Gasteiger partial charge in [0.2, 0.25) is 10.0 Å². The molecule has 0 atom stereocenters. The zero-order valence-electron chi connectivity index (χ0n) is 15.8. The predicted molar refractivity (Wildman–Crippen MR) is 112 cm³/mol. The number of halogens is 1. The summed E-state index contributed by atoms with van der Waals surface area (Å²) in [6, 6.07) is 15.7. The summed E-state index contributed by atoms with van der Waals surface area (Å²) in [5.74, 6) is -0.678. The minimum atomic E-state index is -3.75. The molecule has 0 unspecified atom stereocenters. The van der Waals surface area contributed by atoms with Gasteiger partial charge in [-0.15, -0.1) is 11.3 Å². The van der Waals surface area contributed by atoms with Gasteiger partial charge < -0.3 is 4.90 Å². The lowest BCUT2D eigenvalue weighted by molar-refractivity contribution is 0.0752. The zero-order chi connectivity index (χ0) is 20.9. The Morgan fingerprint density at radius 3 is 2.59 bits per heavy atom. The third kappa shape index (κ3) is 5.50. The molecule has 0 saturated carbocycles. The molecular formula is C21H21FN2O3S2. The van der Waals surface area contributed by atoms with E-state index in [0.717, 1.165) is 4.88 Å². The largest absolute Gasteiger partial charge is 0.335 e. The Morgan fingerprint density at radius 2 is 1.90 bits per heavy atom. The molecule has 1 N–H and O–H groups in total. The lowest BCUT2D eigenvalue weighted by Crippen LogP contribution is -2.30. The third-order valence-electron chi connectivity index (χ3n) is 4.34. The molecule has 1 heterocycles. The van der Waals surface area contributed by atoms with Crippen molar-refractivity contribution in [3.63, 3.8) is 0 Å². The first-order valence-corrected chi connectivity index (χ1v) is 11.4. The van der Waals surface area contributed by atoms with Crippen LogP contribution in [0.4, 0.5) is 4.39 Å². The second kappa shape index (κ2) is 9.30. The van der Waals surface area contributed by atoms with Crippen LogP contribution < -0.4 is 4.72 Å². The van der Waals surface area contributed by atoms with Gasteiger partial charge in [-0.2, -0.15) is 0 Å². The highest BCUT2D eigenvalue weighted by atomic mass is 32.2. The Kier molecular flexibility index (Phi) is 6.79. The molecule has 8 heteroatoms. The molecule has 1 amide bonds. The van der Waals surface area contributed by atoms with Gasteiger partial charge in [0.1, 0.15) is 5.82 Å². The van der Waals surface area contributed by atoms with E-state index in [1.54, 1.807) is 29.2 Å². The van der Waals surface area contributed by atoms with E-state index in [0.29, 0.717) is 12.1 Å². The molecule has 3 rings (SSSR count). The summed E-state index contributed by atoms with van der Waals surface area (Å²) in [5, 5.41) is 1.88. The summed E-state index contributed by atoms with van der Waals surface area (Å²) in [6.07, 6.45) is 0. The molecule has 2 aromatic carbocycles. The number of rotatable bonds is 8. The Labute approximate surface area is 173 Å². The molecule has 29 heavy (non-hydrogen) atoms. The van der Waals surface area contributed by atoms with Gasteiger partial charge in [0.25, 0.3) is 5.91 Å². The number of sulfonamides is 1. The van der Waals surface area contributed by atoms with Crippen LogP contribution in [-0.2, 0) is 23.1 Å². The van der Waals surface area contributed by atoms with Crippen LogP contribution in [0.3, 0.4) is 0 Å². The summed E-state index contributed by atoms with van der Waals surface area (Å²) in [6.45, 7) is 2.66. The molecule has 0 aliphatic heterocycles. The van der Waals surface area contributed by atoms with Crippen LogP contribution in [0.25, 0.3) is 0 Å². The number of thiophene rings is 1. The zero-order valence-corrected chi connectivity index (χ0v) is 17.5. The second-order valence-corrected chi connectivity index (χ2v) is 9.18. The van der Waals surface area contributed by atoms with Crippen LogP contribution in [0.15, 0.2) is 70.9 Å². The number of carbonyl (C=O) groups excluding carboxylic acids is 1. The van der Waals surface area contributed by atoms with Crippen molar-refractivity contribution in [2.24, 2.45) is 0 Å². The average Bonchev–Trinajstić information content (AvgIpc) is 3.24. The van der Waals surface area contributed by atoms with Crippen LogP contribution >= 0.6 is 11.3 Å². The number of nitrogens with one attached hydrogen (secondary N) is 1. The first-order valence-electron chi connectivity index (χ1n) is 9.05. The van der Waals surface area contributed by atoms with Crippen LogP contribution in [-0.4, -0.2) is 25.8 Å². The van der Waals surface area contributed by atoms with Gasteiger partial charge in [0.15, 0.2) is 0 Å². The molecule has 152 valence electrons. The van der Waals surface area contributed by atoms with Crippen molar-refractivity contribution in [3.8, 4) is 0 Å². The predicted octanol–water partition coefficient (Wildman–Crippen LogP) is 4.03. The van der Waals surface area contributed by atoms with Crippen molar-refractivity contribution in [1.29, 1.82) is 0 Å². The third-order valence-corrected chi connectivity index (χ3v) is 6.61. The van der Waals surface area contributed by atoms with E-state index >= 15 is 0 Å². The Balaban J connectivity index is 1.77. The van der Waals surface area contributed by atoms with Crippen molar-refractivity contribution < 1.29 is 17.6 Å². The van der Waals surface area contributed by atoms with Crippen LogP contribution in [0.2, 0.25) is 0 Å². The molecule has 3 aromatic rings. The lowest BCUT2D eigenvalue weighted by atomic mass is 10.1. The fourth-order valence-electron chi connectivity index (χ4n) is 2.82. The monoisotopic (exact) mass is 432 g/mol. The molecule has 0 spiro atoms. The fraction of sp³-hybridized carbons (Fsp3) is 0.190. The van der Waals surface area contributed by atoms with Crippen LogP contribution in [0.5, 0.6) is 0 Å². The second-order valence-electron chi connectivity index (χ2n) is 6.38. The SMILES string of the molecule is CCN(Cc1cccc(F)c1)C(=O)c1cccc(S(=O)(=O)NCc2cccs2)c1. The Hall–Kier alpha value is -2.55. The van der Waals surface area contributed by atoms with Crippen molar-refractivity contribution >= 4 is 27.3 Å². The highest BCUT2D eigenvalue weighted by Crippen LogP contribution is 2.17. The molecule has 0 radical (unpaired) electrons. The van der Waals surface area contributed by atoms with Crippen molar-refractivity contribution in [2.75, 3.05) is 6.54 Å². The first kappa shape index (κ1) is 21.2. The van der Waals surface area contributed by atoms with Crippen molar-refractivity contribution in [2.45, 2.75) is 24.9 Å².